The Bertz CT molecular complexity index is 1060. The van der Waals surface area contributed by atoms with Crippen LogP contribution in [0.3, 0.4) is 0 Å². The molecular weight excluding hydrogens is 386 g/mol. The Labute approximate surface area is 174 Å². The van der Waals surface area contributed by atoms with Gasteiger partial charge in [0.15, 0.2) is 0 Å². The van der Waals surface area contributed by atoms with Gasteiger partial charge in [0.05, 0.1) is 19.0 Å². The number of amides is 1. The van der Waals surface area contributed by atoms with Crippen LogP contribution in [-0.4, -0.2) is 28.6 Å². The zero-order valence-corrected chi connectivity index (χ0v) is 18.1. The van der Waals surface area contributed by atoms with Crippen LogP contribution in [0.4, 0.5) is 0 Å². The summed E-state index contributed by atoms with van der Waals surface area (Å²) in [7, 11) is 1.53. The summed E-state index contributed by atoms with van der Waals surface area (Å²) in [6.45, 7) is 7.90. The third-order valence-corrected chi connectivity index (χ3v) is 6.01. The maximum atomic E-state index is 13.0. The summed E-state index contributed by atoms with van der Waals surface area (Å²) >= 11 is 1.74. The molecule has 0 aliphatic rings. The predicted octanol–water partition coefficient (Wildman–Crippen LogP) is 3.59. The fourth-order valence-electron chi connectivity index (χ4n) is 3.14. The highest BCUT2D eigenvalue weighted by molar-refractivity contribution is 7.12. The molecule has 0 fully saturated rings. The molecule has 7 heteroatoms. The van der Waals surface area contributed by atoms with E-state index in [4.69, 9.17) is 4.74 Å². The van der Waals surface area contributed by atoms with Crippen molar-refractivity contribution < 1.29 is 9.53 Å². The largest absolute Gasteiger partial charge is 0.481 e. The highest BCUT2D eigenvalue weighted by Gasteiger charge is 2.19. The van der Waals surface area contributed by atoms with Crippen LogP contribution in [0.5, 0.6) is 5.88 Å². The van der Waals surface area contributed by atoms with Crippen LogP contribution in [0, 0.1) is 20.8 Å². The number of aryl methyl sites for hydroxylation is 3. The second-order valence-electron chi connectivity index (χ2n) is 7.14. The number of ether oxygens (including phenoxy) is 1. The van der Waals surface area contributed by atoms with Crippen molar-refractivity contribution in [3.63, 3.8) is 0 Å². The quantitative estimate of drug-likeness (QED) is 0.673. The van der Waals surface area contributed by atoms with Gasteiger partial charge in [0.1, 0.15) is 5.56 Å². The molecule has 3 heterocycles. The first kappa shape index (κ1) is 20.8. The van der Waals surface area contributed by atoms with Gasteiger partial charge < -0.3 is 10.1 Å². The van der Waals surface area contributed by atoms with Gasteiger partial charge in [0.25, 0.3) is 11.5 Å². The second-order valence-corrected chi connectivity index (χ2v) is 8.48. The number of thiophene rings is 1. The summed E-state index contributed by atoms with van der Waals surface area (Å²) in [5.41, 5.74) is 2.25. The van der Waals surface area contributed by atoms with Crippen LogP contribution < -0.4 is 15.6 Å². The Morgan fingerprint density at radius 1 is 1.24 bits per heavy atom. The van der Waals surface area contributed by atoms with Gasteiger partial charge in [-0.15, -0.1) is 11.3 Å². The molecule has 1 amide bonds. The van der Waals surface area contributed by atoms with Gasteiger partial charge in [-0.25, -0.2) is 4.98 Å². The lowest BCUT2D eigenvalue weighted by atomic mass is 10.1. The Morgan fingerprint density at radius 3 is 2.59 bits per heavy atom. The van der Waals surface area contributed by atoms with Crippen LogP contribution in [0.1, 0.15) is 38.2 Å². The van der Waals surface area contributed by atoms with Gasteiger partial charge in [-0.1, -0.05) is 0 Å². The molecule has 3 aromatic heterocycles. The van der Waals surface area contributed by atoms with E-state index in [1.54, 1.807) is 48.9 Å². The third kappa shape index (κ3) is 4.56. The summed E-state index contributed by atoms with van der Waals surface area (Å²) in [6, 6.07) is 7.23. The van der Waals surface area contributed by atoms with Gasteiger partial charge >= 0.3 is 0 Å². The number of hydrogen-bond acceptors (Lipinski definition) is 5. The highest BCUT2D eigenvalue weighted by atomic mass is 32.1. The number of methoxy groups -OCH3 is 1. The number of nitrogens with zero attached hydrogens (tertiary/aromatic N) is 2. The molecule has 0 saturated heterocycles. The van der Waals surface area contributed by atoms with Gasteiger partial charge in [-0.3, -0.25) is 14.2 Å². The lowest BCUT2D eigenvalue weighted by Gasteiger charge is -2.15. The van der Waals surface area contributed by atoms with E-state index in [1.165, 1.54) is 27.0 Å². The molecule has 152 valence electrons. The highest BCUT2D eigenvalue weighted by Crippen LogP contribution is 2.22. The molecule has 0 spiro atoms. The van der Waals surface area contributed by atoms with Gasteiger partial charge in [-0.05, 0) is 57.0 Å². The summed E-state index contributed by atoms with van der Waals surface area (Å²) < 4.78 is 6.48. The molecule has 6 nitrogen and oxygen atoms in total. The van der Waals surface area contributed by atoms with Crippen molar-refractivity contribution in [3.05, 3.63) is 73.5 Å². The summed E-state index contributed by atoms with van der Waals surface area (Å²) in [5.74, 6) is 0.0978. The monoisotopic (exact) mass is 411 g/mol. The molecule has 1 N–H and O–H groups in total. The minimum atomic E-state index is -0.371. The second kappa shape index (κ2) is 8.61. The van der Waals surface area contributed by atoms with E-state index in [2.05, 4.69) is 30.2 Å². The predicted molar refractivity (Wildman–Crippen MR) is 116 cm³/mol. The Morgan fingerprint density at radius 2 is 2.00 bits per heavy atom. The minimum absolute atomic E-state index is 0.0879. The fraction of sp³-hybridized carbons (Fsp3) is 0.318. The number of carbonyl (C=O) groups excluding carboxylic acids is 1. The lowest BCUT2D eigenvalue weighted by Crippen LogP contribution is -2.38. The maximum Gasteiger partial charge on any atom is 0.268 e. The number of pyridine rings is 2. The average molecular weight is 412 g/mol. The smallest absolute Gasteiger partial charge is 0.268 e. The fourth-order valence-corrected chi connectivity index (χ4v) is 4.32. The number of nitrogens with one attached hydrogen (secondary N) is 1. The molecule has 29 heavy (non-hydrogen) atoms. The first-order valence-electron chi connectivity index (χ1n) is 9.39. The van der Waals surface area contributed by atoms with E-state index >= 15 is 0 Å². The van der Waals surface area contributed by atoms with E-state index < -0.39 is 0 Å². The van der Waals surface area contributed by atoms with E-state index in [-0.39, 0.29) is 23.1 Å². The minimum Gasteiger partial charge on any atom is -0.481 e. The molecule has 0 saturated carbocycles. The van der Waals surface area contributed by atoms with Gasteiger partial charge in [0.2, 0.25) is 5.88 Å². The van der Waals surface area contributed by atoms with Crippen LogP contribution in [0.15, 0.2) is 41.5 Å². The first-order valence-corrected chi connectivity index (χ1v) is 10.2. The molecule has 1 atom stereocenters. The molecule has 3 aromatic rings. The van der Waals surface area contributed by atoms with Crippen molar-refractivity contribution in [3.8, 4) is 11.6 Å². The standard InChI is InChI=1S/C22H25N3O3S/c1-13-8-9-25(17-6-7-19(28-5)23-12-17)22(27)20(13)21(26)24-15(3)11-18-10-14(2)16(4)29-18/h6-10,12,15H,11H2,1-5H3,(H,24,26). The average Bonchev–Trinajstić information content (AvgIpc) is 2.98. The van der Waals surface area contributed by atoms with Crippen molar-refractivity contribution in [2.75, 3.05) is 7.11 Å². The number of aromatic nitrogens is 2. The molecule has 1 unspecified atom stereocenters. The molecular formula is C22H25N3O3S. The SMILES string of the molecule is COc1ccc(-n2ccc(C)c(C(=O)NC(C)Cc3cc(C)c(C)s3)c2=O)cn1. The summed E-state index contributed by atoms with van der Waals surface area (Å²) in [6.07, 6.45) is 3.92. The number of carbonyl (C=O) groups is 1. The van der Waals surface area contributed by atoms with Crippen LogP contribution in [0.25, 0.3) is 5.69 Å². The lowest BCUT2D eigenvalue weighted by molar-refractivity contribution is 0.0937. The Hall–Kier alpha value is -2.93. The van der Waals surface area contributed by atoms with Crippen molar-refractivity contribution >= 4 is 17.2 Å². The maximum absolute atomic E-state index is 13.0. The van der Waals surface area contributed by atoms with Crippen LogP contribution in [0.2, 0.25) is 0 Å². The molecule has 0 aliphatic carbocycles. The van der Waals surface area contributed by atoms with Crippen molar-refractivity contribution in [1.29, 1.82) is 0 Å². The third-order valence-electron chi connectivity index (χ3n) is 4.84. The van der Waals surface area contributed by atoms with Gasteiger partial charge in [-0.2, -0.15) is 0 Å². The van der Waals surface area contributed by atoms with Gasteiger partial charge in [0, 0.05) is 34.5 Å². The van der Waals surface area contributed by atoms with E-state index in [0.717, 1.165) is 6.42 Å². The zero-order chi connectivity index (χ0) is 21.1. The van der Waals surface area contributed by atoms with Crippen molar-refractivity contribution in [2.45, 2.75) is 40.2 Å². The molecule has 0 aliphatic heterocycles. The van der Waals surface area contributed by atoms with E-state index in [0.29, 0.717) is 17.1 Å². The topological polar surface area (TPSA) is 73.2 Å². The van der Waals surface area contributed by atoms with Crippen LogP contribution >= 0.6 is 11.3 Å². The van der Waals surface area contributed by atoms with E-state index in [1.807, 2.05) is 6.92 Å². The van der Waals surface area contributed by atoms with Crippen molar-refractivity contribution in [1.82, 2.24) is 14.9 Å². The first-order chi connectivity index (χ1) is 13.8. The summed E-state index contributed by atoms with van der Waals surface area (Å²) in [4.78, 5) is 32.5. The Balaban J connectivity index is 1.83. The number of rotatable bonds is 6. The van der Waals surface area contributed by atoms with E-state index in [9.17, 15) is 9.59 Å². The van der Waals surface area contributed by atoms with Crippen LogP contribution in [-0.2, 0) is 6.42 Å². The molecule has 0 radical (unpaired) electrons. The molecule has 0 aromatic carbocycles. The molecule has 0 bridgehead atoms. The normalized spacial score (nSPS) is 11.9. The van der Waals surface area contributed by atoms with Crippen molar-refractivity contribution in [2.24, 2.45) is 0 Å². The Kier molecular flexibility index (Phi) is 6.17. The number of hydrogen-bond donors (Lipinski definition) is 1. The molecule has 3 rings (SSSR count). The zero-order valence-electron chi connectivity index (χ0n) is 17.3. The summed E-state index contributed by atoms with van der Waals surface area (Å²) in [5, 5.41) is 2.97.